The zero-order valence-electron chi connectivity index (χ0n) is 11.9. The maximum atomic E-state index is 10.5. The van der Waals surface area contributed by atoms with Gasteiger partial charge in [-0.25, -0.2) is 9.59 Å². The molecule has 0 bridgehead atoms. The summed E-state index contributed by atoms with van der Waals surface area (Å²) in [6.45, 7) is 3.86. The molecule has 0 saturated heterocycles. The minimum Gasteiger partial charge on any atom is -0.211 e. The summed E-state index contributed by atoms with van der Waals surface area (Å²) in [4.78, 5) is 28.6. The van der Waals surface area contributed by atoms with Gasteiger partial charge >= 0.3 is 0 Å². The fraction of sp³-hybridized carbons (Fsp3) is 0.176. The van der Waals surface area contributed by atoms with Crippen molar-refractivity contribution in [2.45, 2.75) is 20.3 Å². The van der Waals surface area contributed by atoms with Gasteiger partial charge in [-0.05, 0) is 48.2 Å². The summed E-state index contributed by atoms with van der Waals surface area (Å²) in [5.74, 6) is 0. The van der Waals surface area contributed by atoms with Gasteiger partial charge < -0.3 is 0 Å². The number of rotatable bonds is 4. The lowest BCUT2D eigenvalue weighted by Crippen LogP contribution is -1.91. The highest BCUT2D eigenvalue weighted by Crippen LogP contribution is 2.28. The molecule has 0 atom stereocenters. The quantitative estimate of drug-likeness (QED) is 0.630. The van der Waals surface area contributed by atoms with E-state index in [4.69, 9.17) is 0 Å². The van der Waals surface area contributed by atoms with Crippen LogP contribution >= 0.6 is 0 Å². The first kappa shape index (κ1) is 14.6. The first-order valence-electron chi connectivity index (χ1n) is 6.49. The van der Waals surface area contributed by atoms with Gasteiger partial charge in [0.15, 0.2) is 0 Å². The molecular formula is C17H14N2O2. The van der Waals surface area contributed by atoms with E-state index in [1.807, 2.05) is 50.2 Å². The molecule has 0 amide bonds. The molecule has 0 radical (unpaired) electrons. The van der Waals surface area contributed by atoms with Gasteiger partial charge in [-0.1, -0.05) is 24.3 Å². The third-order valence-corrected chi connectivity index (χ3v) is 3.19. The van der Waals surface area contributed by atoms with Crippen LogP contribution < -0.4 is 0 Å². The number of carbonyl (C=O) groups excluding carboxylic acids is 2. The SMILES string of the molecule is Cc1ccc(Cc2ccc(C)cc2N=C=O)c(N=C=O)c1. The molecule has 0 spiro atoms. The minimum atomic E-state index is 0.529. The second kappa shape index (κ2) is 6.58. The van der Waals surface area contributed by atoms with Gasteiger partial charge in [0.1, 0.15) is 0 Å². The fourth-order valence-corrected chi connectivity index (χ4v) is 2.16. The van der Waals surface area contributed by atoms with Gasteiger partial charge in [0.05, 0.1) is 11.4 Å². The van der Waals surface area contributed by atoms with Crippen molar-refractivity contribution in [2.75, 3.05) is 0 Å². The Labute approximate surface area is 122 Å². The van der Waals surface area contributed by atoms with E-state index in [-0.39, 0.29) is 0 Å². The van der Waals surface area contributed by atoms with Crippen molar-refractivity contribution >= 4 is 23.5 Å². The van der Waals surface area contributed by atoms with E-state index in [1.165, 1.54) is 0 Å². The third kappa shape index (κ3) is 3.61. The first-order valence-corrected chi connectivity index (χ1v) is 6.49. The zero-order chi connectivity index (χ0) is 15.2. The van der Waals surface area contributed by atoms with Crippen molar-refractivity contribution in [1.29, 1.82) is 0 Å². The minimum absolute atomic E-state index is 0.529. The number of aryl methyl sites for hydroxylation is 2. The predicted octanol–water partition coefficient (Wildman–Crippen LogP) is 3.83. The molecule has 4 nitrogen and oxygen atoms in total. The molecule has 21 heavy (non-hydrogen) atoms. The molecule has 2 aromatic carbocycles. The number of isocyanates is 2. The molecule has 0 N–H and O–H groups in total. The van der Waals surface area contributed by atoms with Crippen molar-refractivity contribution in [3.8, 4) is 0 Å². The summed E-state index contributed by atoms with van der Waals surface area (Å²) >= 11 is 0. The molecule has 0 fully saturated rings. The highest BCUT2D eigenvalue weighted by Gasteiger charge is 2.08. The zero-order valence-corrected chi connectivity index (χ0v) is 11.9. The second-order valence-corrected chi connectivity index (χ2v) is 4.85. The average Bonchev–Trinajstić information content (AvgIpc) is 2.45. The summed E-state index contributed by atoms with van der Waals surface area (Å²) in [6, 6.07) is 11.4. The summed E-state index contributed by atoms with van der Waals surface area (Å²) in [5, 5.41) is 0. The van der Waals surface area contributed by atoms with Gasteiger partial charge in [0, 0.05) is 6.42 Å². The van der Waals surface area contributed by atoms with E-state index >= 15 is 0 Å². The lowest BCUT2D eigenvalue weighted by Gasteiger charge is -2.08. The number of hydrogen-bond acceptors (Lipinski definition) is 4. The fourth-order valence-electron chi connectivity index (χ4n) is 2.16. The molecule has 4 heteroatoms. The Morgan fingerprint density at radius 2 is 1.24 bits per heavy atom. The van der Waals surface area contributed by atoms with Crippen LogP contribution in [0.3, 0.4) is 0 Å². The first-order chi connectivity index (χ1) is 10.1. The van der Waals surface area contributed by atoms with E-state index in [2.05, 4.69) is 9.98 Å². The number of nitrogens with zero attached hydrogens (tertiary/aromatic N) is 2. The van der Waals surface area contributed by atoms with Gasteiger partial charge in [-0.2, -0.15) is 9.98 Å². The van der Waals surface area contributed by atoms with E-state index in [9.17, 15) is 9.59 Å². The van der Waals surface area contributed by atoms with Crippen molar-refractivity contribution in [1.82, 2.24) is 0 Å². The molecule has 0 aliphatic carbocycles. The van der Waals surface area contributed by atoms with E-state index in [0.29, 0.717) is 17.8 Å². The molecule has 0 heterocycles. The van der Waals surface area contributed by atoms with Crippen LogP contribution in [-0.4, -0.2) is 12.2 Å². The monoisotopic (exact) mass is 278 g/mol. The molecule has 0 aliphatic rings. The normalized spacial score (nSPS) is 9.62. The maximum absolute atomic E-state index is 10.5. The summed E-state index contributed by atoms with van der Waals surface area (Å²) in [7, 11) is 0. The third-order valence-electron chi connectivity index (χ3n) is 3.19. The molecule has 0 aliphatic heterocycles. The molecule has 2 aromatic rings. The second-order valence-electron chi connectivity index (χ2n) is 4.85. The molecular weight excluding hydrogens is 264 g/mol. The van der Waals surface area contributed by atoms with Gasteiger partial charge in [0.25, 0.3) is 0 Å². The Kier molecular flexibility index (Phi) is 4.57. The smallest absolute Gasteiger partial charge is 0.211 e. The lowest BCUT2D eigenvalue weighted by atomic mass is 9.99. The van der Waals surface area contributed by atoms with Crippen molar-refractivity contribution in [3.05, 3.63) is 58.7 Å². The number of aliphatic imine (C=N–C) groups is 2. The Morgan fingerprint density at radius 1 is 0.810 bits per heavy atom. The van der Waals surface area contributed by atoms with Crippen molar-refractivity contribution < 1.29 is 9.59 Å². The molecule has 0 saturated carbocycles. The van der Waals surface area contributed by atoms with Crippen LogP contribution in [0.15, 0.2) is 46.4 Å². The molecule has 0 unspecified atom stereocenters. The maximum Gasteiger partial charge on any atom is 0.240 e. The number of hydrogen-bond donors (Lipinski definition) is 0. The Hall–Kier alpha value is -2.80. The summed E-state index contributed by atoms with van der Waals surface area (Å²) < 4.78 is 0. The summed E-state index contributed by atoms with van der Waals surface area (Å²) in [5.41, 5.74) is 4.98. The molecule has 2 rings (SSSR count). The van der Waals surface area contributed by atoms with Gasteiger partial charge in [0.2, 0.25) is 12.2 Å². The van der Waals surface area contributed by atoms with Crippen molar-refractivity contribution in [2.24, 2.45) is 9.98 Å². The van der Waals surface area contributed by atoms with Crippen LogP contribution in [-0.2, 0) is 16.0 Å². The van der Waals surface area contributed by atoms with Gasteiger partial charge in [-0.3, -0.25) is 0 Å². The number of benzene rings is 2. The van der Waals surface area contributed by atoms with Crippen LogP contribution in [0.4, 0.5) is 11.4 Å². The largest absolute Gasteiger partial charge is 0.240 e. The molecule has 104 valence electrons. The Morgan fingerprint density at radius 3 is 1.62 bits per heavy atom. The Bertz CT molecular complexity index is 703. The van der Waals surface area contributed by atoms with Crippen molar-refractivity contribution in [3.63, 3.8) is 0 Å². The molecule has 0 aromatic heterocycles. The highest BCUT2D eigenvalue weighted by atomic mass is 16.1. The van der Waals surface area contributed by atoms with E-state index in [1.54, 1.807) is 12.2 Å². The topological polar surface area (TPSA) is 58.9 Å². The van der Waals surface area contributed by atoms with E-state index in [0.717, 1.165) is 22.3 Å². The van der Waals surface area contributed by atoms with Gasteiger partial charge in [-0.15, -0.1) is 0 Å². The lowest BCUT2D eigenvalue weighted by molar-refractivity contribution is 0.564. The van der Waals surface area contributed by atoms with Crippen LogP contribution in [0.5, 0.6) is 0 Å². The highest BCUT2D eigenvalue weighted by molar-refractivity contribution is 5.60. The van der Waals surface area contributed by atoms with Crippen LogP contribution in [0.25, 0.3) is 0 Å². The van der Waals surface area contributed by atoms with Crippen LogP contribution in [0.2, 0.25) is 0 Å². The van der Waals surface area contributed by atoms with Crippen LogP contribution in [0.1, 0.15) is 22.3 Å². The summed E-state index contributed by atoms with van der Waals surface area (Å²) in [6.07, 6.45) is 3.68. The predicted molar refractivity (Wildman–Crippen MR) is 80.7 cm³/mol. The Balaban J connectivity index is 2.47. The standard InChI is InChI=1S/C17H14N2O2/c1-12-3-5-14(16(7-12)18-10-20)9-15-6-4-13(2)8-17(15)19-11-21/h3-8H,9H2,1-2H3. The van der Waals surface area contributed by atoms with E-state index < -0.39 is 0 Å². The average molecular weight is 278 g/mol. The van der Waals surface area contributed by atoms with Crippen LogP contribution in [0, 0.1) is 13.8 Å².